The summed E-state index contributed by atoms with van der Waals surface area (Å²) in [4.78, 5) is 53.7. The Morgan fingerprint density at radius 2 is 0.814 bits per heavy atom. The fraction of sp³-hybridized carbons (Fsp3) is 0.474. The van der Waals surface area contributed by atoms with E-state index < -0.39 is 24.3 Å². The third-order valence-corrected chi connectivity index (χ3v) is 18.7. The highest BCUT2D eigenvalue weighted by atomic mass is 19.4. The van der Waals surface area contributed by atoms with Gasteiger partial charge in [-0.3, -0.25) is 29.2 Å². The van der Waals surface area contributed by atoms with E-state index in [9.17, 15) is 44.7 Å². The number of quaternary nitrogens is 2. The Kier molecular flexibility index (Phi) is 31.3. The van der Waals surface area contributed by atoms with Gasteiger partial charge in [-0.25, -0.2) is 8.78 Å². The number of carboxylic acids is 2. The van der Waals surface area contributed by atoms with Crippen molar-refractivity contribution in [3.05, 3.63) is 190 Å². The Bertz CT molecular complexity index is 3430. The lowest BCUT2D eigenvalue weighted by Gasteiger charge is -2.42. The van der Waals surface area contributed by atoms with Crippen molar-refractivity contribution >= 4 is 23.8 Å². The highest BCUT2D eigenvalue weighted by Gasteiger charge is 2.32. The molecule has 102 heavy (non-hydrogen) atoms. The third-order valence-electron chi connectivity index (χ3n) is 18.7. The zero-order valence-corrected chi connectivity index (χ0v) is 59.2. The van der Waals surface area contributed by atoms with Gasteiger partial charge in [0.15, 0.2) is 0 Å². The number of alkyl halides is 6. The number of nitrogens with one attached hydrogen (secondary N) is 4. The van der Waals surface area contributed by atoms with Gasteiger partial charge in [-0.15, -0.1) is 0 Å². The number of likely N-dealkylation sites (N-methyl/N-ethyl adjacent to an activating group) is 2. The summed E-state index contributed by atoms with van der Waals surface area (Å²) in [6, 6.07) is 43.3. The minimum Gasteiger partial charge on any atom is -0.542 e. The number of rotatable bonds is 24. The lowest BCUT2D eigenvalue weighted by Crippen LogP contribution is -2.57. The fourth-order valence-electron chi connectivity index (χ4n) is 12.9. The summed E-state index contributed by atoms with van der Waals surface area (Å²) in [5.41, 5.74) is 10.5. The van der Waals surface area contributed by atoms with E-state index in [4.69, 9.17) is 29.3 Å². The molecule has 4 aliphatic rings. The van der Waals surface area contributed by atoms with Crippen LogP contribution in [0.1, 0.15) is 80.8 Å². The summed E-state index contributed by atoms with van der Waals surface area (Å²) in [7, 11) is 8.21. The molecule has 4 saturated heterocycles. The van der Waals surface area contributed by atoms with Gasteiger partial charge < -0.3 is 59.5 Å². The van der Waals surface area contributed by atoms with Crippen molar-refractivity contribution in [3.8, 4) is 22.3 Å². The first-order valence-electron chi connectivity index (χ1n) is 34.6. The van der Waals surface area contributed by atoms with E-state index in [2.05, 4.69) is 105 Å². The van der Waals surface area contributed by atoms with Crippen molar-refractivity contribution in [1.29, 1.82) is 0 Å². The van der Waals surface area contributed by atoms with Crippen LogP contribution in [0.4, 0.5) is 35.1 Å². The molecule has 4 fully saturated rings. The summed E-state index contributed by atoms with van der Waals surface area (Å²) in [5, 5.41) is 30.6. The predicted octanol–water partition coefficient (Wildman–Crippen LogP) is 7.63. The van der Waals surface area contributed by atoms with Crippen molar-refractivity contribution in [2.75, 3.05) is 146 Å². The molecule has 0 unspecified atom stereocenters. The van der Waals surface area contributed by atoms with Crippen molar-refractivity contribution in [2.24, 2.45) is 0 Å². The molecule has 0 radical (unpaired) electrons. The van der Waals surface area contributed by atoms with Crippen LogP contribution in [-0.2, 0) is 58.3 Å². The summed E-state index contributed by atoms with van der Waals surface area (Å²) >= 11 is 0. The molecule has 26 heteroatoms. The average Bonchev–Trinajstić information content (AvgIpc) is 0.830. The smallest absolute Gasteiger partial charge is 0.430 e. The summed E-state index contributed by atoms with van der Waals surface area (Å²) < 4.78 is 106. The first kappa shape index (κ1) is 81.5. The Labute approximate surface area is 593 Å². The number of benzene rings is 6. The molecule has 2 atom stereocenters. The van der Waals surface area contributed by atoms with Gasteiger partial charge in [0.1, 0.15) is 23.6 Å². The second kappa shape index (κ2) is 39.2. The highest BCUT2D eigenvalue weighted by molar-refractivity contribution is 5.95. The van der Waals surface area contributed by atoms with Gasteiger partial charge in [-0.2, -0.15) is 26.3 Å². The lowest BCUT2D eigenvalue weighted by molar-refractivity contribution is -0.914. The maximum atomic E-state index is 15.0. The molecule has 4 heterocycles. The fourth-order valence-corrected chi connectivity index (χ4v) is 12.9. The minimum absolute atomic E-state index is 0.119. The molecule has 2 amide bonds. The molecule has 4 N–H and O–H groups in total. The Morgan fingerprint density at radius 1 is 0.480 bits per heavy atom. The summed E-state index contributed by atoms with van der Waals surface area (Å²) in [5.74, 6) is -6.77. The van der Waals surface area contributed by atoms with Crippen LogP contribution in [0, 0.1) is 11.6 Å². The molecule has 0 bridgehead atoms. The Morgan fingerprint density at radius 3 is 1.15 bits per heavy atom. The molecular weight excluding hydrogens is 1330 g/mol. The van der Waals surface area contributed by atoms with E-state index in [1.807, 2.05) is 72.8 Å². The number of hydrogen-bond acceptors (Lipinski definition) is 14. The standard InChI is InChI=1S/2C36H48FN5O2.2C2HF3O2/c2*1-28-25-41(14-13-38-28)27-30-7-4-9-32(21-30)34-23-29(11-12-35(34)37)24-39-36(43)33-10-5-8-31(22-33)26-40-15-18-42(2,19-16-40)17-6-20-44-3;2*3-2(4,5)1(6)7/h2*4-5,7-12,21-23,28,38H,6,13-20,24-27H2,1-3H3;2*(H,6,7)/t2*28-;;/m00../s1. The van der Waals surface area contributed by atoms with Crippen LogP contribution in [-0.4, -0.2) is 223 Å². The molecule has 10 rings (SSSR count). The van der Waals surface area contributed by atoms with E-state index in [1.54, 1.807) is 26.4 Å². The van der Waals surface area contributed by atoms with Gasteiger partial charge in [0.05, 0.1) is 66.6 Å². The van der Waals surface area contributed by atoms with E-state index in [1.165, 1.54) is 23.3 Å². The topological polar surface area (TPSA) is 194 Å². The number of carboxylic acid groups (broad SMARTS) is 2. The molecular formula is C76H98F8N10O8. The van der Waals surface area contributed by atoms with Gasteiger partial charge in [-0.05, 0) is 119 Å². The number of carbonyl (C=O) groups excluding carboxylic acids is 4. The highest BCUT2D eigenvalue weighted by Crippen LogP contribution is 2.29. The molecule has 0 aromatic heterocycles. The zero-order chi connectivity index (χ0) is 74.0. The van der Waals surface area contributed by atoms with Crippen LogP contribution in [0.2, 0.25) is 0 Å². The number of ether oxygens (including phenoxy) is 2. The average molecular weight is 1430 g/mol. The van der Waals surface area contributed by atoms with E-state index in [0.29, 0.717) is 47.4 Å². The minimum atomic E-state index is -5.19. The van der Waals surface area contributed by atoms with Crippen molar-refractivity contribution in [2.45, 2.75) is 90.4 Å². The first-order chi connectivity index (χ1) is 48.5. The second-order valence-corrected chi connectivity index (χ2v) is 27.4. The van der Waals surface area contributed by atoms with Crippen LogP contribution in [0.3, 0.4) is 0 Å². The molecule has 4 aliphatic heterocycles. The monoisotopic (exact) mass is 1430 g/mol. The predicted molar refractivity (Wildman–Crippen MR) is 372 cm³/mol. The summed E-state index contributed by atoms with van der Waals surface area (Å²) in [6.07, 6.45) is -8.21. The number of piperazine rings is 4. The molecule has 0 saturated carbocycles. The Balaban J connectivity index is 0.000000241. The van der Waals surface area contributed by atoms with Crippen molar-refractivity contribution < 1.29 is 83.0 Å². The first-order valence-corrected chi connectivity index (χ1v) is 34.6. The normalized spacial score (nSPS) is 18.1. The SMILES string of the molecule is COCCC[N+]1(C)CCN(Cc2cccc(C(=O)NCc3ccc(F)c(-c4cccc(CN5CCN[C@@H](C)C5)c4)c3)c2)CC1.COCCC[N+]1(C)CCN(Cc2cccc(C(=O)NCc3ccc(F)c(-c4cccc(CN5CCN[C@@H](C)C5)c4)c3)c2)CC1.O=C([O-])C(F)(F)F.O=C([O-])C(F)(F)F. The van der Waals surface area contributed by atoms with Gasteiger partial charge in [-0.1, -0.05) is 72.8 Å². The quantitative estimate of drug-likeness (QED) is 0.0263. The van der Waals surface area contributed by atoms with Crippen LogP contribution in [0.15, 0.2) is 133 Å². The van der Waals surface area contributed by atoms with E-state index in [0.717, 1.165) is 199 Å². The van der Waals surface area contributed by atoms with Gasteiger partial charge >= 0.3 is 12.4 Å². The molecule has 6 aromatic carbocycles. The number of halogens is 8. The number of aliphatic carboxylic acids is 2. The van der Waals surface area contributed by atoms with E-state index >= 15 is 0 Å². The Hall–Kier alpha value is -7.76. The largest absolute Gasteiger partial charge is 0.542 e. The number of methoxy groups -OCH3 is 2. The maximum absolute atomic E-state index is 15.0. The molecule has 18 nitrogen and oxygen atoms in total. The van der Waals surface area contributed by atoms with Gasteiger partial charge in [0.2, 0.25) is 0 Å². The number of nitrogens with zero attached hydrogens (tertiary/aromatic N) is 6. The van der Waals surface area contributed by atoms with Crippen molar-refractivity contribution in [3.63, 3.8) is 0 Å². The number of hydrogen-bond donors (Lipinski definition) is 4. The molecule has 556 valence electrons. The third kappa shape index (κ3) is 27.1. The van der Waals surface area contributed by atoms with Crippen LogP contribution in [0.5, 0.6) is 0 Å². The molecule has 0 aliphatic carbocycles. The number of amides is 2. The van der Waals surface area contributed by atoms with Crippen molar-refractivity contribution in [1.82, 2.24) is 40.9 Å². The second-order valence-electron chi connectivity index (χ2n) is 27.4. The van der Waals surface area contributed by atoms with Gasteiger partial charge in [0.25, 0.3) is 11.8 Å². The van der Waals surface area contributed by atoms with E-state index in [-0.39, 0.29) is 23.4 Å². The van der Waals surface area contributed by atoms with Crippen LogP contribution < -0.4 is 31.5 Å². The van der Waals surface area contributed by atoms with Crippen LogP contribution >= 0.6 is 0 Å². The zero-order valence-electron chi connectivity index (χ0n) is 59.2. The lowest BCUT2D eigenvalue weighted by atomic mass is 10.00. The molecule has 6 aromatic rings. The number of carbonyl (C=O) groups is 4. The maximum Gasteiger partial charge on any atom is 0.430 e. The summed E-state index contributed by atoms with van der Waals surface area (Å²) in [6.45, 7) is 27.1. The molecule has 0 spiro atoms. The van der Waals surface area contributed by atoms with Crippen LogP contribution in [0.25, 0.3) is 22.3 Å². The van der Waals surface area contributed by atoms with Gasteiger partial charge in [0, 0.05) is 166 Å².